The molecule has 144 valence electrons. The number of methoxy groups -OCH3 is 1. The first kappa shape index (κ1) is 19.4. The lowest BCUT2D eigenvalue weighted by Gasteiger charge is -2.29. The Hall–Kier alpha value is -2.38. The number of primary amides is 1. The molecule has 1 fully saturated rings. The maximum atomic E-state index is 13.2. The van der Waals surface area contributed by atoms with Crippen LogP contribution in [0.4, 0.5) is 5.69 Å². The molecule has 1 saturated heterocycles. The maximum Gasteiger partial charge on any atom is 0.241 e. The van der Waals surface area contributed by atoms with Gasteiger partial charge in [0.1, 0.15) is 5.75 Å². The van der Waals surface area contributed by atoms with Crippen molar-refractivity contribution in [3.63, 3.8) is 0 Å². The molecular weight excluding hydrogens is 362 g/mol. The average molecular weight is 388 g/mol. The molecule has 1 aliphatic heterocycles. The molecule has 0 unspecified atom stereocenters. The number of amides is 2. The molecule has 0 aliphatic carbocycles. The molecule has 1 atom stereocenters. The minimum absolute atomic E-state index is 0.0529. The van der Waals surface area contributed by atoms with Gasteiger partial charge < -0.3 is 15.4 Å². The number of para-hydroxylation sites is 2. The summed E-state index contributed by atoms with van der Waals surface area (Å²) in [5.41, 5.74) is 7.26. The molecule has 3 rings (SSSR count). The third kappa shape index (κ3) is 4.67. The van der Waals surface area contributed by atoms with Crippen molar-refractivity contribution in [2.24, 2.45) is 5.73 Å². The van der Waals surface area contributed by atoms with Gasteiger partial charge in [0.15, 0.2) is 0 Å². The van der Waals surface area contributed by atoms with E-state index in [9.17, 15) is 9.59 Å². The Morgan fingerprint density at radius 3 is 2.85 bits per heavy atom. The number of rotatable bonds is 8. The molecule has 0 spiro atoms. The zero-order valence-electron chi connectivity index (χ0n) is 15.5. The van der Waals surface area contributed by atoms with Gasteiger partial charge in [0.25, 0.3) is 0 Å². The van der Waals surface area contributed by atoms with Crippen LogP contribution in [0.5, 0.6) is 5.75 Å². The Kier molecular flexibility index (Phi) is 6.47. The van der Waals surface area contributed by atoms with Crippen LogP contribution in [-0.4, -0.2) is 43.5 Å². The maximum absolute atomic E-state index is 13.2. The minimum Gasteiger partial charge on any atom is -0.495 e. The van der Waals surface area contributed by atoms with Gasteiger partial charge in [-0.3, -0.25) is 14.5 Å². The summed E-state index contributed by atoms with van der Waals surface area (Å²) in [7, 11) is 1.57. The number of nitrogens with zero attached hydrogens (tertiary/aromatic N) is 2. The number of ether oxygens (including phenoxy) is 1. The summed E-state index contributed by atoms with van der Waals surface area (Å²) in [6, 6.07) is 9.75. The van der Waals surface area contributed by atoms with Gasteiger partial charge in [0.05, 0.1) is 19.3 Å². The molecule has 27 heavy (non-hydrogen) atoms. The first-order valence-corrected chi connectivity index (χ1v) is 10.0. The number of hydrogen-bond acceptors (Lipinski definition) is 5. The van der Waals surface area contributed by atoms with Crippen LogP contribution in [-0.2, 0) is 9.59 Å². The van der Waals surface area contributed by atoms with Crippen LogP contribution < -0.4 is 15.4 Å². The normalized spacial score (nSPS) is 17.0. The lowest BCUT2D eigenvalue weighted by atomic mass is 10.1. The van der Waals surface area contributed by atoms with Gasteiger partial charge in [0.2, 0.25) is 11.8 Å². The molecule has 1 aromatic carbocycles. The number of nitrogens with two attached hydrogens (primary N) is 1. The zero-order valence-corrected chi connectivity index (χ0v) is 16.3. The molecule has 1 aromatic heterocycles. The fourth-order valence-electron chi connectivity index (χ4n) is 3.57. The first-order chi connectivity index (χ1) is 13.1. The summed E-state index contributed by atoms with van der Waals surface area (Å²) < 4.78 is 5.41. The predicted octanol–water partition coefficient (Wildman–Crippen LogP) is 2.80. The number of thiophene rings is 1. The highest BCUT2D eigenvalue weighted by atomic mass is 32.1. The van der Waals surface area contributed by atoms with Gasteiger partial charge in [-0.25, -0.2) is 0 Å². The summed E-state index contributed by atoms with van der Waals surface area (Å²) in [6.45, 7) is 1.44. The highest BCUT2D eigenvalue weighted by Crippen LogP contribution is 2.34. The second-order valence-electron chi connectivity index (χ2n) is 6.62. The van der Waals surface area contributed by atoms with Crippen LogP contribution in [0.2, 0.25) is 0 Å². The van der Waals surface area contributed by atoms with E-state index < -0.39 is 5.91 Å². The van der Waals surface area contributed by atoms with Crippen LogP contribution in [0.25, 0.3) is 0 Å². The van der Waals surface area contributed by atoms with Crippen molar-refractivity contribution in [1.82, 2.24) is 4.90 Å². The molecule has 0 saturated carbocycles. The molecule has 2 N–H and O–H groups in total. The summed E-state index contributed by atoms with van der Waals surface area (Å²) in [4.78, 5) is 28.3. The van der Waals surface area contributed by atoms with Gasteiger partial charge >= 0.3 is 0 Å². The van der Waals surface area contributed by atoms with Crippen molar-refractivity contribution in [1.29, 1.82) is 0 Å². The Morgan fingerprint density at radius 1 is 1.33 bits per heavy atom. The van der Waals surface area contributed by atoms with Gasteiger partial charge in [0, 0.05) is 19.0 Å². The molecule has 2 heterocycles. The fourth-order valence-corrected chi connectivity index (χ4v) is 4.28. The topological polar surface area (TPSA) is 75.9 Å². The number of carbonyl (C=O) groups is 2. The highest BCUT2D eigenvalue weighted by molar-refractivity contribution is 7.07. The number of hydrogen-bond donors (Lipinski definition) is 1. The molecule has 0 radical (unpaired) electrons. The smallest absolute Gasteiger partial charge is 0.241 e. The number of likely N-dealkylation sites (tertiary alicyclic amines) is 1. The van der Waals surface area contributed by atoms with Gasteiger partial charge in [-0.15, -0.1) is 0 Å². The third-order valence-electron chi connectivity index (χ3n) is 4.89. The molecule has 2 aromatic rings. The van der Waals surface area contributed by atoms with Crippen molar-refractivity contribution in [3.8, 4) is 5.75 Å². The zero-order chi connectivity index (χ0) is 19.2. The average Bonchev–Trinajstić information content (AvgIpc) is 3.33. The van der Waals surface area contributed by atoms with E-state index in [1.165, 1.54) is 5.56 Å². The van der Waals surface area contributed by atoms with E-state index in [1.807, 2.05) is 24.3 Å². The monoisotopic (exact) mass is 387 g/mol. The van der Waals surface area contributed by atoms with E-state index in [4.69, 9.17) is 10.5 Å². The van der Waals surface area contributed by atoms with Crippen molar-refractivity contribution < 1.29 is 14.3 Å². The Labute approximate surface area is 163 Å². The number of carbonyl (C=O) groups excluding carboxylic acids is 2. The molecular formula is C20H25N3O3S. The summed E-state index contributed by atoms with van der Waals surface area (Å²) >= 11 is 1.68. The van der Waals surface area contributed by atoms with Gasteiger partial charge in [-0.1, -0.05) is 12.1 Å². The van der Waals surface area contributed by atoms with E-state index in [1.54, 1.807) is 23.3 Å². The van der Waals surface area contributed by atoms with Crippen molar-refractivity contribution in [2.75, 3.05) is 31.6 Å². The Morgan fingerprint density at radius 2 is 2.15 bits per heavy atom. The third-order valence-corrected chi connectivity index (χ3v) is 5.59. The van der Waals surface area contributed by atoms with Crippen molar-refractivity contribution in [2.45, 2.75) is 25.3 Å². The number of benzene rings is 1. The van der Waals surface area contributed by atoms with Gasteiger partial charge in [-0.05, 0) is 53.9 Å². The Balaban J connectivity index is 1.79. The van der Waals surface area contributed by atoms with E-state index in [2.05, 4.69) is 21.7 Å². The van der Waals surface area contributed by atoms with E-state index in [0.29, 0.717) is 18.0 Å². The quantitative estimate of drug-likeness (QED) is 0.756. The van der Waals surface area contributed by atoms with Crippen LogP contribution >= 0.6 is 11.3 Å². The van der Waals surface area contributed by atoms with Crippen LogP contribution in [0.15, 0.2) is 41.1 Å². The minimum atomic E-state index is -0.431. The molecule has 1 aliphatic rings. The fraction of sp³-hybridized carbons (Fsp3) is 0.400. The van der Waals surface area contributed by atoms with E-state index in [0.717, 1.165) is 19.4 Å². The lowest BCUT2D eigenvalue weighted by Crippen LogP contribution is -2.41. The molecule has 2 amide bonds. The van der Waals surface area contributed by atoms with E-state index >= 15 is 0 Å². The van der Waals surface area contributed by atoms with Crippen LogP contribution in [0.1, 0.15) is 30.9 Å². The highest BCUT2D eigenvalue weighted by Gasteiger charge is 2.30. The first-order valence-electron chi connectivity index (χ1n) is 9.08. The predicted molar refractivity (Wildman–Crippen MR) is 107 cm³/mol. The second kappa shape index (κ2) is 9.01. The summed E-state index contributed by atoms with van der Waals surface area (Å²) in [5, 5.41) is 4.22. The number of anilines is 1. The largest absolute Gasteiger partial charge is 0.495 e. The van der Waals surface area contributed by atoms with E-state index in [-0.39, 0.29) is 24.9 Å². The molecule has 0 bridgehead atoms. The SMILES string of the molecule is COc1ccccc1N(CCC(N)=O)C(=O)CN1CCC[C@H]1c1ccsc1. The second-order valence-corrected chi connectivity index (χ2v) is 7.40. The molecule has 6 nitrogen and oxygen atoms in total. The standard InChI is InChI=1S/C20H25N3O3S/c1-26-18-7-3-2-5-17(18)23(11-8-19(21)24)20(25)13-22-10-4-6-16(22)15-9-12-27-14-15/h2-3,5,7,9,12,14,16H,4,6,8,10-11,13H2,1H3,(H2,21,24)/t16-/m0/s1. The molecule has 7 heteroatoms. The van der Waals surface area contributed by atoms with Crippen LogP contribution in [0.3, 0.4) is 0 Å². The lowest BCUT2D eigenvalue weighted by molar-refractivity contribution is -0.120. The van der Waals surface area contributed by atoms with Crippen LogP contribution in [0, 0.1) is 0 Å². The summed E-state index contributed by atoms with van der Waals surface area (Å²) in [5.74, 6) is 0.119. The van der Waals surface area contributed by atoms with Crippen molar-refractivity contribution in [3.05, 3.63) is 46.7 Å². The summed E-state index contributed by atoms with van der Waals surface area (Å²) in [6.07, 6.45) is 2.24. The van der Waals surface area contributed by atoms with Gasteiger partial charge in [-0.2, -0.15) is 11.3 Å². The Bertz CT molecular complexity index is 779. The van der Waals surface area contributed by atoms with Crippen molar-refractivity contribution >= 4 is 28.8 Å².